The topological polar surface area (TPSA) is 39.1 Å². The summed E-state index contributed by atoms with van der Waals surface area (Å²) < 4.78 is 8.57. The van der Waals surface area contributed by atoms with Crippen LogP contribution in [0.4, 0.5) is 0 Å². The number of piperidine rings is 1. The van der Waals surface area contributed by atoms with Crippen LogP contribution in [-0.2, 0) is 0 Å². The van der Waals surface area contributed by atoms with E-state index < -0.39 is 0 Å². The molecule has 2 heterocycles. The van der Waals surface area contributed by atoms with Gasteiger partial charge in [0, 0.05) is 4.47 Å². The molecule has 1 aliphatic rings. The summed E-state index contributed by atoms with van der Waals surface area (Å²) in [4.78, 5) is 0. The Labute approximate surface area is 114 Å². The van der Waals surface area contributed by atoms with Crippen molar-refractivity contribution < 1.29 is 4.74 Å². The van der Waals surface area contributed by atoms with Crippen molar-refractivity contribution in [2.45, 2.75) is 18.9 Å². The van der Waals surface area contributed by atoms with Crippen LogP contribution in [0.5, 0.6) is 5.88 Å². The summed E-state index contributed by atoms with van der Waals surface area (Å²) in [7, 11) is 1.68. The highest BCUT2D eigenvalue weighted by Crippen LogP contribution is 2.31. The Morgan fingerprint density at radius 3 is 2.89 bits per heavy atom. The van der Waals surface area contributed by atoms with Crippen molar-refractivity contribution in [1.29, 1.82) is 0 Å². The van der Waals surface area contributed by atoms with Crippen LogP contribution in [0.15, 0.2) is 22.7 Å². The Morgan fingerprint density at radius 2 is 2.17 bits per heavy atom. The van der Waals surface area contributed by atoms with Gasteiger partial charge in [0.25, 0.3) is 0 Å². The number of benzene rings is 1. The molecule has 0 spiro atoms. The molecule has 0 amide bonds. The van der Waals surface area contributed by atoms with Gasteiger partial charge in [-0.15, -0.1) is 5.10 Å². The molecule has 18 heavy (non-hydrogen) atoms. The van der Waals surface area contributed by atoms with E-state index in [0.717, 1.165) is 41.3 Å². The summed E-state index contributed by atoms with van der Waals surface area (Å²) in [6, 6.07) is 6.70. The van der Waals surface area contributed by atoms with E-state index in [2.05, 4.69) is 49.2 Å². The third-order valence-corrected chi connectivity index (χ3v) is 3.98. The number of rotatable bonds is 2. The fraction of sp³-hybridized carbons (Fsp3) is 0.462. The standard InChI is InChI=1S/C13H16BrN3O/c1-18-13-11-8-9(14)2-3-12(11)17(16-13)10-4-6-15-7-5-10/h2-3,8,10,15H,4-7H2,1H3. The summed E-state index contributed by atoms with van der Waals surface area (Å²) >= 11 is 3.50. The first kappa shape index (κ1) is 12.0. The van der Waals surface area contributed by atoms with E-state index in [9.17, 15) is 0 Å². The van der Waals surface area contributed by atoms with Gasteiger partial charge in [-0.2, -0.15) is 0 Å². The van der Waals surface area contributed by atoms with Crippen LogP contribution in [0.1, 0.15) is 18.9 Å². The number of fused-ring (bicyclic) bond motifs is 1. The number of methoxy groups -OCH3 is 1. The first-order valence-corrected chi connectivity index (χ1v) is 7.01. The zero-order chi connectivity index (χ0) is 12.5. The van der Waals surface area contributed by atoms with Crippen molar-refractivity contribution in [2.75, 3.05) is 20.2 Å². The molecule has 0 unspecified atom stereocenters. The molecule has 5 heteroatoms. The van der Waals surface area contributed by atoms with E-state index in [1.54, 1.807) is 7.11 Å². The molecule has 1 aromatic heterocycles. The molecule has 1 fully saturated rings. The quantitative estimate of drug-likeness (QED) is 0.927. The van der Waals surface area contributed by atoms with Gasteiger partial charge in [-0.3, -0.25) is 4.68 Å². The van der Waals surface area contributed by atoms with Crippen LogP contribution in [0.2, 0.25) is 0 Å². The van der Waals surface area contributed by atoms with Crippen LogP contribution < -0.4 is 10.1 Å². The number of hydrogen-bond donors (Lipinski definition) is 1. The number of nitrogens with zero attached hydrogens (tertiary/aromatic N) is 2. The highest BCUT2D eigenvalue weighted by Gasteiger charge is 2.20. The first-order chi connectivity index (χ1) is 8.79. The zero-order valence-electron chi connectivity index (χ0n) is 10.3. The van der Waals surface area contributed by atoms with Crippen LogP contribution in [0, 0.1) is 0 Å². The van der Waals surface area contributed by atoms with E-state index in [-0.39, 0.29) is 0 Å². The summed E-state index contributed by atoms with van der Waals surface area (Å²) in [5, 5.41) is 9.08. The fourth-order valence-corrected chi connectivity index (χ4v) is 2.93. The van der Waals surface area contributed by atoms with Gasteiger partial charge in [0.1, 0.15) is 0 Å². The Bertz CT molecular complexity index is 561. The molecule has 0 saturated carbocycles. The fourth-order valence-electron chi connectivity index (χ4n) is 2.57. The van der Waals surface area contributed by atoms with E-state index in [1.807, 2.05) is 0 Å². The van der Waals surface area contributed by atoms with Gasteiger partial charge in [-0.25, -0.2) is 0 Å². The average Bonchev–Trinajstić information content (AvgIpc) is 2.77. The molecule has 96 valence electrons. The summed E-state index contributed by atoms with van der Waals surface area (Å²) in [5.41, 5.74) is 1.15. The van der Waals surface area contributed by atoms with Crippen molar-refractivity contribution >= 4 is 26.8 Å². The van der Waals surface area contributed by atoms with Crippen LogP contribution >= 0.6 is 15.9 Å². The molecular weight excluding hydrogens is 294 g/mol. The monoisotopic (exact) mass is 309 g/mol. The second-order valence-corrected chi connectivity index (χ2v) is 5.51. The minimum atomic E-state index is 0.471. The molecule has 3 rings (SSSR count). The number of aromatic nitrogens is 2. The minimum Gasteiger partial charge on any atom is -0.479 e. The van der Waals surface area contributed by atoms with Crippen LogP contribution in [0.3, 0.4) is 0 Å². The zero-order valence-corrected chi connectivity index (χ0v) is 11.9. The maximum atomic E-state index is 5.39. The molecule has 0 aliphatic carbocycles. The van der Waals surface area contributed by atoms with Crippen LogP contribution in [0.25, 0.3) is 10.9 Å². The van der Waals surface area contributed by atoms with Gasteiger partial charge in [0.05, 0.1) is 24.1 Å². The van der Waals surface area contributed by atoms with Gasteiger partial charge in [-0.1, -0.05) is 15.9 Å². The van der Waals surface area contributed by atoms with Crippen molar-refractivity contribution in [3.63, 3.8) is 0 Å². The number of halogens is 1. The van der Waals surface area contributed by atoms with Gasteiger partial charge in [0.2, 0.25) is 5.88 Å². The molecule has 1 aromatic carbocycles. The predicted octanol–water partition coefficient (Wildman–Crippen LogP) is 2.73. The first-order valence-electron chi connectivity index (χ1n) is 6.22. The predicted molar refractivity (Wildman–Crippen MR) is 75.1 cm³/mol. The molecule has 4 nitrogen and oxygen atoms in total. The van der Waals surface area contributed by atoms with E-state index >= 15 is 0 Å². The Kier molecular flexibility index (Phi) is 3.26. The lowest BCUT2D eigenvalue weighted by molar-refractivity contribution is 0.333. The highest BCUT2D eigenvalue weighted by molar-refractivity contribution is 9.10. The van der Waals surface area contributed by atoms with Gasteiger partial charge >= 0.3 is 0 Å². The summed E-state index contributed by atoms with van der Waals surface area (Å²) in [5.74, 6) is 0.713. The Balaban J connectivity index is 2.11. The SMILES string of the molecule is COc1nn(C2CCNCC2)c2ccc(Br)cc12. The number of ether oxygens (including phenoxy) is 1. The van der Waals surface area contributed by atoms with Gasteiger partial charge < -0.3 is 10.1 Å². The summed E-state index contributed by atoms with van der Waals surface area (Å²) in [6.07, 6.45) is 2.24. The smallest absolute Gasteiger partial charge is 0.240 e. The van der Waals surface area contributed by atoms with Gasteiger partial charge in [-0.05, 0) is 44.1 Å². The Morgan fingerprint density at radius 1 is 1.39 bits per heavy atom. The number of nitrogens with one attached hydrogen (secondary N) is 1. The molecular formula is C13H16BrN3O. The molecule has 1 saturated heterocycles. The molecule has 1 aliphatic heterocycles. The molecule has 0 bridgehead atoms. The lowest BCUT2D eigenvalue weighted by Gasteiger charge is -2.23. The van der Waals surface area contributed by atoms with Crippen molar-refractivity contribution in [2.24, 2.45) is 0 Å². The normalized spacial score (nSPS) is 17.2. The molecule has 2 aromatic rings. The highest BCUT2D eigenvalue weighted by atomic mass is 79.9. The lowest BCUT2D eigenvalue weighted by atomic mass is 10.1. The Hall–Kier alpha value is -1.07. The van der Waals surface area contributed by atoms with Crippen LogP contribution in [-0.4, -0.2) is 30.0 Å². The second-order valence-electron chi connectivity index (χ2n) is 4.60. The molecule has 0 atom stereocenters. The number of hydrogen-bond acceptors (Lipinski definition) is 3. The maximum absolute atomic E-state index is 5.39. The van der Waals surface area contributed by atoms with Crippen molar-refractivity contribution in [3.8, 4) is 5.88 Å². The van der Waals surface area contributed by atoms with E-state index in [1.165, 1.54) is 0 Å². The third-order valence-electron chi connectivity index (χ3n) is 3.48. The lowest BCUT2D eigenvalue weighted by Crippen LogP contribution is -2.29. The third kappa shape index (κ3) is 2.01. The molecule has 0 radical (unpaired) electrons. The summed E-state index contributed by atoms with van der Waals surface area (Å²) in [6.45, 7) is 2.12. The van der Waals surface area contributed by atoms with Crippen molar-refractivity contribution in [1.82, 2.24) is 15.1 Å². The molecule has 1 N–H and O–H groups in total. The van der Waals surface area contributed by atoms with E-state index in [4.69, 9.17) is 4.74 Å². The largest absolute Gasteiger partial charge is 0.479 e. The van der Waals surface area contributed by atoms with E-state index in [0.29, 0.717) is 11.9 Å². The maximum Gasteiger partial charge on any atom is 0.240 e. The van der Waals surface area contributed by atoms with Crippen molar-refractivity contribution in [3.05, 3.63) is 22.7 Å². The second kappa shape index (κ2) is 4.90. The average molecular weight is 310 g/mol. The van der Waals surface area contributed by atoms with Gasteiger partial charge in [0.15, 0.2) is 0 Å². The minimum absolute atomic E-state index is 0.471.